The largest absolute Gasteiger partial charge is 0.497 e. The van der Waals surface area contributed by atoms with Gasteiger partial charge in [0.2, 0.25) is 0 Å². The van der Waals surface area contributed by atoms with E-state index in [1.54, 1.807) is 32.2 Å². The van der Waals surface area contributed by atoms with Gasteiger partial charge >= 0.3 is 5.97 Å². The van der Waals surface area contributed by atoms with Gasteiger partial charge in [-0.05, 0) is 18.2 Å². The Labute approximate surface area is 104 Å². The topological polar surface area (TPSA) is 70.3 Å². The molecule has 17 heavy (non-hydrogen) atoms. The third-order valence-corrected chi connectivity index (χ3v) is 3.54. The summed E-state index contributed by atoms with van der Waals surface area (Å²) in [6, 6.07) is 7.21. The molecule has 0 aromatic heterocycles. The molecule has 5 heteroatoms. The number of nitrogens with zero attached hydrogens (tertiary/aromatic N) is 1. The third-order valence-electron chi connectivity index (χ3n) is 2.22. The lowest BCUT2D eigenvalue weighted by Gasteiger charge is -2.08. The monoisotopic (exact) mass is 251 g/mol. The summed E-state index contributed by atoms with van der Waals surface area (Å²) >= 11 is 1.35. The van der Waals surface area contributed by atoms with E-state index in [0.717, 1.165) is 4.90 Å². The maximum absolute atomic E-state index is 10.7. The predicted molar refractivity (Wildman–Crippen MR) is 65.2 cm³/mol. The Kier molecular flexibility index (Phi) is 4.85. The molecule has 4 nitrogen and oxygen atoms in total. The number of rotatable bonds is 5. The van der Waals surface area contributed by atoms with E-state index >= 15 is 0 Å². The molecule has 0 amide bonds. The number of methoxy groups -OCH3 is 1. The van der Waals surface area contributed by atoms with E-state index in [-0.39, 0.29) is 0 Å². The first-order valence-corrected chi connectivity index (χ1v) is 6.00. The Bertz CT molecular complexity index is 454. The van der Waals surface area contributed by atoms with Crippen LogP contribution >= 0.6 is 11.8 Å². The first kappa shape index (κ1) is 13.4. The second-order valence-corrected chi connectivity index (χ2v) is 4.59. The molecule has 0 heterocycles. The Balaban J connectivity index is 2.82. The predicted octanol–water partition coefficient (Wildman–Crippen LogP) is 2.38. The number of hydrogen-bond acceptors (Lipinski definition) is 4. The Morgan fingerprint density at radius 1 is 1.65 bits per heavy atom. The summed E-state index contributed by atoms with van der Waals surface area (Å²) in [6.07, 6.45) is 0. The van der Waals surface area contributed by atoms with Crippen molar-refractivity contribution >= 4 is 17.7 Å². The van der Waals surface area contributed by atoms with Crippen molar-refractivity contribution in [2.24, 2.45) is 5.92 Å². The SMILES string of the molecule is COc1ccc(C#N)c(SCC(C)C(=O)O)c1. The summed E-state index contributed by atoms with van der Waals surface area (Å²) in [7, 11) is 1.55. The van der Waals surface area contributed by atoms with Crippen molar-refractivity contribution in [1.82, 2.24) is 0 Å². The minimum absolute atomic E-state index is 0.428. The molecule has 1 atom stereocenters. The van der Waals surface area contributed by atoms with Crippen molar-refractivity contribution in [3.05, 3.63) is 23.8 Å². The van der Waals surface area contributed by atoms with Gasteiger partial charge in [-0.2, -0.15) is 5.26 Å². The summed E-state index contributed by atoms with van der Waals surface area (Å²) in [5.41, 5.74) is 0.536. The normalized spacial score (nSPS) is 11.6. The second kappa shape index (κ2) is 6.16. The number of hydrogen-bond donors (Lipinski definition) is 1. The number of aliphatic carboxylic acids is 1. The molecular weight excluding hydrogens is 238 g/mol. The molecule has 0 spiro atoms. The zero-order valence-corrected chi connectivity index (χ0v) is 10.5. The van der Waals surface area contributed by atoms with Crippen LogP contribution in [0.3, 0.4) is 0 Å². The first-order chi connectivity index (χ1) is 8.08. The summed E-state index contributed by atoms with van der Waals surface area (Å²) in [6.45, 7) is 1.64. The molecule has 0 bridgehead atoms. The van der Waals surface area contributed by atoms with Crippen LogP contribution in [-0.2, 0) is 4.79 Å². The van der Waals surface area contributed by atoms with Gasteiger partial charge < -0.3 is 9.84 Å². The van der Waals surface area contributed by atoms with Crippen LogP contribution in [-0.4, -0.2) is 23.9 Å². The van der Waals surface area contributed by atoms with E-state index in [2.05, 4.69) is 6.07 Å². The van der Waals surface area contributed by atoms with E-state index < -0.39 is 11.9 Å². The molecule has 1 N–H and O–H groups in total. The second-order valence-electron chi connectivity index (χ2n) is 3.52. The smallest absolute Gasteiger partial charge is 0.307 e. The zero-order valence-electron chi connectivity index (χ0n) is 9.64. The van der Waals surface area contributed by atoms with Gasteiger partial charge in [0.05, 0.1) is 18.6 Å². The van der Waals surface area contributed by atoms with Crippen LogP contribution in [0.2, 0.25) is 0 Å². The highest BCUT2D eigenvalue weighted by Gasteiger charge is 2.13. The molecule has 0 aliphatic heterocycles. The zero-order chi connectivity index (χ0) is 12.8. The van der Waals surface area contributed by atoms with Gasteiger partial charge in [-0.1, -0.05) is 6.92 Å². The number of thioether (sulfide) groups is 1. The first-order valence-electron chi connectivity index (χ1n) is 5.02. The van der Waals surface area contributed by atoms with E-state index in [4.69, 9.17) is 15.1 Å². The fourth-order valence-electron chi connectivity index (χ4n) is 1.13. The van der Waals surface area contributed by atoms with Gasteiger partial charge in [-0.15, -0.1) is 11.8 Å². The van der Waals surface area contributed by atoms with Gasteiger partial charge in [-0.25, -0.2) is 0 Å². The van der Waals surface area contributed by atoms with E-state index in [0.29, 0.717) is 17.1 Å². The molecule has 0 fully saturated rings. The van der Waals surface area contributed by atoms with Gasteiger partial charge in [0.15, 0.2) is 0 Å². The fourth-order valence-corrected chi connectivity index (χ4v) is 2.17. The molecule has 0 radical (unpaired) electrons. The minimum Gasteiger partial charge on any atom is -0.497 e. The number of ether oxygens (including phenoxy) is 1. The molecule has 1 aromatic carbocycles. The van der Waals surface area contributed by atoms with Crippen LogP contribution in [0.1, 0.15) is 12.5 Å². The average Bonchev–Trinajstić information content (AvgIpc) is 2.35. The fraction of sp³-hybridized carbons (Fsp3) is 0.333. The van der Waals surface area contributed by atoms with Crippen molar-refractivity contribution in [1.29, 1.82) is 5.26 Å². The van der Waals surface area contributed by atoms with Crippen LogP contribution < -0.4 is 4.74 Å². The maximum Gasteiger partial charge on any atom is 0.307 e. The lowest BCUT2D eigenvalue weighted by Crippen LogP contribution is -2.11. The lowest BCUT2D eigenvalue weighted by molar-refractivity contribution is -0.140. The van der Waals surface area contributed by atoms with Crippen LogP contribution in [0.4, 0.5) is 0 Å². The summed E-state index contributed by atoms with van der Waals surface area (Å²) < 4.78 is 5.07. The van der Waals surface area contributed by atoms with E-state index in [9.17, 15) is 4.79 Å². The quantitative estimate of drug-likeness (QED) is 0.813. The van der Waals surface area contributed by atoms with Gasteiger partial charge in [0, 0.05) is 10.6 Å². The third kappa shape index (κ3) is 3.68. The van der Waals surface area contributed by atoms with Crippen molar-refractivity contribution in [2.45, 2.75) is 11.8 Å². The van der Waals surface area contributed by atoms with E-state index in [1.807, 2.05) is 0 Å². The number of nitriles is 1. The minimum atomic E-state index is -0.834. The average molecular weight is 251 g/mol. The molecule has 1 rings (SSSR count). The van der Waals surface area contributed by atoms with E-state index in [1.165, 1.54) is 11.8 Å². The highest BCUT2D eigenvalue weighted by Crippen LogP contribution is 2.28. The van der Waals surface area contributed by atoms with Crippen LogP contribution in [0, 0.1) is 17.2 Å². The van der Waals surface area contributed by atoms with Crippen molar-refractivity contribution in [3.8, 4) is 11.8 Å². The van der Waals surface area contributed by atoms with Crippen LogP contribution in [0.15, 0.2) is 23.1 Å². The standard InChI is InChI=1S/C12H13NO3S/c1-8(12(14)15)7-17-11-5-10(16-2)4-3-9(11)6-13/h3-5,8H,7H2,1-2H3,(H,14,15). The Morgan fingerprint density at radius 3 is 2.88 bits per heavy atom. The number of benzene rings is 1. The highest BCUT2D eigenvalue weighted by atomic mass is 32.2. The number of carboxylic acids is 1. The summed E-state index contributed by atoms with van der Waals surface area (Å²) in [5.74, 6) is -0.192. The van der Waals surface area contributed by atoms with Crippen LogP contribution in [0.25, 0.3) is 0 Å². The lowest BCUT2D eigenvalue weighted by atomic mass is 10.2. The molecule has 0 saturated carbocycles. The van der Waals surface area contributed by atoms with Crippen molar-refractivity contribution < 1.29 is 14.6 Å². The molecule has 0 saturated heterocycles. The summed E-state index contributed by atoms with van der Waals surface area (Å²) in [5, 5.41) is 17.7. The summed E-state index contributed by atoms with van der Waals surface area (Å²) in [4.78, 5) is 11.4. The molecular formula is C12H13NO3S. The molecule has 0 aliphatic rings. The highest BCUT2D eigenvalue weighted by molar-refractivity contribution is 7.99. The molecule has 0 aliphatic carbocycles. The Hall–Kier alpha value is -1.67. The van der Waals surface area contributed by atoms with Crippen LogP contribution in [0.5, 0.6) is 5.75 Å². The molecule has 90 valence electrons. The number of carbonyl (C=O) groups is 1. The Morgan fingerprint density at radius 2 is 2.35 bits per heavy atom. The molecule has 1 aromatic rings. The van der Waals surface area contributed by atoms with Gasteiger partial charge in [0.1, 0.15) is 11.8 Å². The van der Waals surface area contributed by atoms with Crippen molar-refractivity contribution in [3.63, 3.8) is 0 Å². The maximum atomic E-state index is 10.7. The van der Waals surface area contributed by atoms with Gasteiger partial charge in [-0.3, -0.25) is 4.79 Å². The number of carboxylic acid groups (broad SMARTS) is 1. The molecule has 1 unspecified atom stereocenters. The van der Waals surface area contributed by atoms with Gasteiger partial charge in [0.25, 0.3) is 0 Å². The van der Waals surface area contributed by atoms with Crippen molar-refractivity contribution in [2.75, 3.05) is 12.9 Å².